The summed E-state index contributed by atoms with van der Waals surface area (Å²) in [5.74, 6) is 0.203. The van der Waals surface area contributed by atoms with Gasteiger partial charge < -0.3 is 10.2 Å². The summed E-state index contributed by atoms with van der Waals surface area (Å²) >= 11 is 1.68. The molecule has 1 aromatic carbocycles. The Morgan fingerprint density at radius 3 is 3.12 bits per heavy atom. The second kappa shape index (κ2) is 7.46. The number of pyridine rings is 1. The maximum absolute atomic E-state index is 12.6. The lowest BCUT2D eigenvalue weighted by Gasteiger charge is -2.34. The van der Waals surface area contributed by atoms with E-state index in [1.54, 1.807) is 11.3 Å². The van der Waals surface area contributed by atoms with E-state index in [0.29, 0.717) is 6.54 Å². The van der Waals surface area contributed by atoms with Crippen LogP contribution in [0.25, 0.3) is 10.9 Å². The Kier molecular flexibility index (Phi) is 4.89. The number of piperidine rings is 1. The molecule has 4 rings (SSSR count). The fourth-order valence-corrected chi connectivity index (χ4v) is 4.31. The molecular formula is C21H23N3OS. The lowest BCUT2D eigenvalue weighted by Crippen LogP contribution is -2.43. The predicted octanol–water partition coefficient (Wildman–Crippen LogP) is 4.14. The molecule has 0 spiro atoms. The van der Waals surface area contributed by atoms with Crippen LogP contribution in [0.3, 0.4) is 0 Å². The van der Waals surface area contributed by atoms with Crippen LogP contribution in [-0.2, 0) is 11.3 Å². The summed E-state index contributed by atoms with van der Waals surface area (Å²) in [7, 11) is 0. The van der Waals surface area contributed by atoms with E-state index in [0.717, 1.165) is 31.4 Å². The quantitative estimate of drug-likeness (QED) is 0.756. The van der Waals surface area contributed by atoms with Gasteiger partial charge in [-0.2, -0.15) is 0 Å². The maximum atomic E-state index is 12.6. The molecule has 0 saturated carbocycles. The molecular weight excluding hydrogens is 342 g/mol. The molecule has 1 fully saturated rings. The Bertz CT molecular complexity index is 907. The molecule has 1 saturated heterocycles. The van der Waals surface area contributed by atoms with E-state index in [2.05, 4.69) is 52.5 Å². The molecule has 4 nitrogen and oxygen atoms in total. The molecule has 0 bridgehead atoms. The number of nitrogens with one attached hydrogen (secondary N) is 1. The monoisotopic (exact) mass is 365 g/mol. The zero-order chi connectivity index (χ0) is 17.9. The largest absolute Gasteiger partial charge is 0.370 e. The fourth-order valence-electron chi connectivity index (χ4n) is 3.66. The highest BCUT2D eigenvalue weighted by molar-refractivity contribution is 7.09. The minimum absolute atomic E-state index is 0.0386. The maximum Gasteiger partial charge on any atom is 0.225 e. The predicted molar refractivity (Wildman–Crippen MR) is 108 cm³/mol. The molecule has 0 radical (unpaired) electrons. The van der Waals surface area contributed by atoms with Gasteiger partial charge in [0, 0.05) is 35.2 Å². The molecule has 1 amide bonds. The van der Waals surface area contributed by atoms with Gasteiger partial charge in [-0.05, 0) is 49.4 Å². The van der Waals surface area contributed by atoms with Gasteiger partial charge in [0.25, 0.3) is 0 Å². The van der Waals surface area contributed by atoms with Gasteiger partial charge in [0.1, 0.15) is 0 Å². The van der Waals surface area contributed by atoms with E-state index < -0.39 is 0 Å². The average Bonchev–Trinajstić information content (AvgIpc) is 3.19. The SMILES string of the molecule is Cc1ccc2nccc(N3CCCC(C(=O)NCc4cccs4)C3)c2c1. The van der Waals surface area contributed by atoms with Crippen molar-refractivity contribution in [2.45, 2.75) is 26.3 Å². The normalized spacial score (nSPS) is 17.4. The van der Waals surface area contributed by atoms with Crippen LogP contribution >= 0.6 is 11.3 Å². The van der Waals surface area contributed by atoms with Gasteiger partial charge in [0.05, 0.1) is 18.0 Å². The van der Waals surface area contributed by atoms with Crippen LogP contribution in [0, 0.1) is 12.8 Å². The van der Waals surface area contributed by atoms with Crippen LogP contribution in [0.4, 0.5) is 5.69 Å². The van der Waals surface area contributed by atoms with Gasteiger partial charge in [-0.15, -0.1) is 11.3 Å². The molecule has 0 aliphatic carbocycles. The third kappa shape index (κ3) is 3.58. The number of hydrogen-bond acceptors (Lipinski definition) is 4. The molecule has 1 aliphatic rings. The summed E-state index contributed by atoms with van der Waals surface area (Å²) in [6.07, 6.45) is 3.86. The summed E-state index contributed by atoms with van der Waals surface area (Å²) in [6.45, 7) is 4.49. The second-order valence-electron chi connectivity index (χ2n) is 6.93. The molecule has 134 valence electrons. The molecule has 1 N–H and O–H groups in total. The second-order valence-corrected chi connectivity index (χ2v) is 7.97. The molecule has 2 aromatic heterocycles. The Morgan fingerprint density at radius 2 is 2.27 bits per heavy atom. The van der Waals surface area contributed by atoms with E-state index in [1.807, 2.05) is 17.6 Å². The lowest BCUT2D eigenvalue weighted by molar-refractivity contribution is -0.125. The van der Waals surface area contributed by atoms with Crippen molar-refractivity contribution in [3.05, 3.63) is 58.4 Å². The summed E-state index contributed by atoms with van der Waals surface area (Å²) < 4.78 is 0. The zero-order valence-electron chi connectivity index (χ0n) is 14.9. The molecule has 1 unspecified atom stereocenters. The topological polar surface area (TPSA) is 45.2 Å². The fraction of sp³-hybridized carbons (Fsp3) is 0.333. The van der Waals surface area contributed by atoms with Crippen molar-refractivity contribution in [1.29, 1.82) is 0 Å². The number of hydrogen-bond donors (Lipinski definition) is 1. The molecule has 26 heavy (non-hydrogen) atoms. The first kappa shape index (κ1) is 17.0. The first-order valence-corrected chi connectivity index (χ1v) is 9.99. The van der Waals surface area contributed by atoms with Crippen molar-refractivity contribution in [1.82, 2.24) is 10.3 Å². The molecule has 3 heterocycles. The number of amides is 1. The van der Waals surface area contributed by atoms with Gasteiger partial charge >= 0.3 is 0 Å². The van der Waals surface area contributed by atoms with Crippen molar-refractivity contribution >= 4 is 33.8 Å². The van der Waals surface area contributed by atoms with Crippen molar-refractivity contribution < 1.29 is 4.79 Å². The third-order valence-corrected chi connectivity index (χ3v) is 5.90. The highest BCUT2D eigenvalue weighted by Crippen LogP contribution is 2.30. The minimum Gasteiger partial charge on any atom is -0.370 e. The Morgan fingerprint density at radius 1 is 1.35 bits per heavy atom. The summed E-state index contributed by atoms with van der Waals surface area (Å²) in [5.41, 5.74) is 3.43. The third-order valence-electron chi connectivity index (χ3n) is 5.02. The van der Waals surface area contributed by atoms with Gasteiger partial charge in [-0.1, -0.05) is 17.7 Å². The number of aryl methyl sites for hydroxylation is 1. The standard InChI is InChI=1S/C21H23N3OS/c1-15-6-7-19-18(12-15)20(8-9-22-19)24-10-2-4-16(14-24)21(25)23-13-17-5-3-11-26-17/h3,5-9,11-12,16H,2,4,10,13-14H2,1H3,(H,23,25). The van der Waals surface area contributed by atoms with Gasteiger partial charge in [0.15, 0.2) is 0 Å². The summed E-state index contributed by atoms with van der Waals surface area (Å²) in [5, 5.41) is 6.32. The highest BCUT2D eigenvalue weighted by atomic mass is 32.1. The van der Waals surface area contributed by atoms with E-state index in [9.17, 15) is 4.79 Å². The molecule has 5 heteroatoms. The van der Waals surface area contributed by atoms with Crippen LogP contribution in [-0.4, -0.2) is 24.0 Å². The number of nitrogens with zero attached hydrogens (tertiary/aromatic N) is 2. The van der Waals surface area contributed by atoms with Crippen molar-refractivity contribution in [2.24, 2.45) is 5.92 Å². The summed E-state index contributed by atoms with van der Waals surface area (Å²) in [6, 6.07) is 12.5. The smallest absolute Gasteiger partial charge is 0.225 e. The van der Waals surface area contributed by atoms with Gasteiger partial charge in [-0.25, -0.2) is 0 Å². The number of carbonyl (C=O) groups excluding carboxylic acids is 1. The van der Waals surface area contributed by atoms with E-state index in [4.69, 9.17) is 0 Å². The summed E-state index contributed by atoms with van der Waals surface area (Å²) in [4.78, 5) is 20.7. The van der Waals surface area contributed by atoms with Crippen molar-refractivity contribution in [2.75, 3.05) is 18.0 Å². The van der Waals surface area contributed by atoms with Gasteiger partial charge in [0.2, 0.25) is 5.91 Å². The van der Waals surface area contributed by atoms with Crippen molar-refractivity contribution in [3.8, 4) is 0 Å². The van der Waals surface area contributed by atoms with Crippen molar-refractivity contribution in [3.63, 3.8) is 0 Å². The number of thiophene rings is 1. The number of anilines is 1. The van der Waals surface area contributed by atoms with Crippen LogP contribution in [0.15, 0.2) is 48.0 Å². The van der Waals surface area contributed by atoms with Crippen LogP contribution in [0.1, 0.15) is 23.3 Å². The highest BCUT2D eigenvalue weighted by Gasteiger charge is 2.26. The average molecular weight is 366 g/mol. The first-order valence-electron chi connectivity index (χ1n) is 9.11. The van der Waals surface area contributed by atoms with Gasteiger partial charge in [-0.3, -0.25) is 9.78 Å². The number of benzene rings is 1. The Balaban J connectivity index is 1.50. The van der Waals surface area contributed by atoms with E-state index >= 15 is 0 Å². The van der Waals surface area contributed by atoms with Crippen LogP contribution < -0.4 is 10.2 Å². The van der Waals surface area contributed by atoms with Crippen LogP contribution in [0.2, 0.25) is 0 Å². The first-order chi connectivity index (χ1) is 12.7. The zero-order valence-corrected chi connectivity index (χ0v) is 15.8. The lowest BCUT2D eigenvalue weighted by atomic mass is 9.96. The molecule has 1 aliphatic heterocycles. The minimum atomic E-state index is 0.0386. The number of fused-ring (bicyclic) bond motifs is 1. The molecule has 1 atom stereocenters. The van der Waals surface area contributed by atoms with Crippen LogP contribution in [0.5, 0.6) is 0 Å². The van der Waals surface area contributed by atoms with E-state index in [1.165, 1.54) is 21.5 Å². The number of carbonyl (C=O) groups is 1. The number of rotatable bonds is 4. The van der Waals surface area contributed by atoms with E-state index in [-0.39, 0.29) is 11.8 Å². The Hall–Kier alpha value is -2.40. The molecule has 3 aromatic rings. The Labute approximate surface area is 157 Å². The number of aromatic nitrogens is 1.